The Morgan fingerprint density at radius 1 is 1.11 bits per heavy atom. The molecular formula is C28H26N2O5. The van der Waals surface area contributed by atoms with Gasteiger partial charge < -0.3 is 24.1 Å². The Labute approximate surface area is 202 Å². The van der Waals surface area contributed by atoms with E-state index in [1.807, 2.05) is 51.1 Å². The van der Waals surface area contributed by atoms with Crippen LogP contribution in [0.1, 0.15) is 39.7 Å². The van der Waals surface area contributed by atoms with Gasteiger partial charge in [0.1, 0.15) is 17.3 Å². The van der Waals surface area contributed by atoms with E-state index in [2.05, 4.69) is 4.98 Å². The number of methoxy groups -OCH3 is 1. The maximum atomic E-state index is 13.5. The third-order valence-electron chi connectivity index (χ3n) is 6.54. The number of amides is 1. The summed E-state index contributed by atoms with van der Waals surface area (Å²) < 4.78 is 11.1. The third kappa shape index (κ3) is 3.60. The highest BCUT2D eigenvalue weighted by Gasteiger charge is 2.48. The van der Waals surface area contributed by atoms with Gasteiger partial charge in [-0.25, -0.2) is 0 Å². The highest BCUT2D eigenvalue weighted by Crippen LogP contribution is 2.45. The number of hydrogen-bond donors (Lipinski definition) is 2. The second-order valence-electron chi connectivity index (χ2n) is 8.88. The summed E-state index contributed by atoms with van der Waals surface area (Å²) in [6.07, 6.45) is 1.53. The van der Waals surface area contributed by atoms with Crippen molar-refractivity contribution < 1.29 is 23.8 Å². The number of ether oxygens (including phenoxy) is 1. The molecule has 0 aliphatic carbocycles. The molecule has 2 aromatic heterocycles. The van der Waals surface area contributed by atoms with Crippen LogP contribution in [0, 0.1) is 20.8 Å². The average molecular weight is 471 g/mol. The zero-order chi connectivity index (χ0) is 24.9. The summed E-state index contributed by atoms with van der Waals surface area (Å²) in [5.74, 6) is -0.701. The van der Waals surface area contributed by atoms with Gasteiger partial charge in [-0.2, -0.15) is 0 Å². The van der Waals surface area contributed by atoms with Crippen molar-refractivity contribution in [1.82, 2.24) is 9.88 Å². The number of nitrogens with one attached hydrogen (secondary N) is 1. The number of nitrogens with zero attached hydrogens (tertiary/aromatic N) is 1. The Morgan fingerprint density at radius 2 is 1.89 bits per heavy atom. The molecule has 7 nitrogen and oxygen atoms in total. The lowest BCUT2D eigenvalue weighted by Gasteiger charge is -2.25. The van der Waals surface area contributed by atoms with Crippen molar-refractivity contribution >= 4 is 28.4 Å². The van der Waals surface area contributed by atoms with Crippen molar-refractivity contribution in [1.29, 1.82) is 0 Å². The van der Waals surface area contributed by atoms with Crippen LogP contribution in [0.5, 0.6) is 5.75 Å². The minimum Gasteiger partial charge on any atom is -0.507 e. The first-order valence-electron chi connectivity index (χ1n) is 11.4. The molecule has 1 unspecified atom stereocenters. The maximum absolute atomic E-state index is 13.5. The number of aliphatic hydroxyl groups excluding tert-OH is 1. The number of ketones is 1. The lowest BCUT2D eigenvalue weighted by Crippen LogP contribution is -2.29. The summed E-state index contributed by atoms with van der Waals surface area (Å²) in [5, 5.41) is 12.5. The van der Waals surface area contributed by atoms with Gasteiger partial charge in [-0.05, 0) is 56.2 Å². The quantitative estimate of drug-likeness (QED) is 0.234. The highest BCUT2D eigenvalue weighted by atomic mass is 16.5. The number of para-hydroxylation sites is 1. The van der Waals surface area contributed by atoms with Crippen LogP contribution in [-0.2, 0) is 16.1 Å². The normalized spacial score (nSPS) is 17.5. The van der Waals surface area contributed by atoms with Crippen LogP contribution in [0.15, 0.2) is 64.8 Å². The van der Waals surface area contributed by atoms with E-state index in [-0.39, 0.29) is 17.9 Å². The van der Waals surface area contributed by atoms with Gasteiger partial charge >= 0.3 is 0 Å². The number of furan rings is 1. The zero-order valence-corrected chi connectivity index (χ0v) is 20.0. The largest absolute Gasteiger partial charge is 0.507 e. The van der Waals surface area contributed by atoms with E-state index in [1.165, 1.54) is 18.3 Å². The summed E-state index contributed by atoms with van der Waals surface area (Å²) in [7, 11) is 1.52. The molecule has 0 spiro atoms. The molecule has 178 valence electrons. The van der Waals surface area contributed by atoms with Gasteiger partial charge in [0.15, 0.2) is 0 Å². The van der Waals surface area contributed by atoms with Crippen molar-refractivity contribution in [3.05, 3.63) is 94.1 Å². The van der Waals surface area contributed by atoms with Crippen LogP contribution in [0.2, 0.25) is 0 Å². The third-order valence-corrected chi connectivity index (χ3v) is 6.54. The second-order valence-corrected chi connectivity index (χ2v) is 8.88. The summed E-state index contributed by atoms with van der Waals surface area (Å²) in [6.45, 7) is 5.76. The van der Waals surface area contributed by atoms with E-state index in [9.17, 15) is 14.7 Å². The van der Waals surface area contributed by atoms with E-state index in [0.717, 1.165) is 33.3 Å². The van der Waals surface area contributed by atoms with E-state index in [4.69, 9.17) is 9.15 Å². The molecule has 1 aliphatic rings. The van der Waals surface area contributed by atoms with Gasteiger partial charge in [0, 0.05) is 22.2 Å². The number of aliphatic hydroxyl groups is 1. The SMILES string of the molecule is COc1c(C)cc(C)cc1/C(O)=C1\C(=O)C(=O)N(Cc2ccco2)C1c1c(C)[nH]c2ccccc12. The molecule has 2 aromatic carbocycles. The van der Waals surface area contributed by atoms with Gasteiger partial charge in [0.25, 0.3) is 11.7 Å². The van der Waals surface area contributed by atoms with Crippen LogP contribution in [0.4, 0.5) is 0 Å². The predicted octanol–water partition coefficient (Wildman–Crippen LogP) is 5.32. The topological polar surface area (TPSA) is 95.8 Å². The number of likely N-dealkylation sites (tertiary alicyclic amines) is 1. The van der Waals surface area contributed by atoms with Crippen molar-refractivity contribution in [2.24, 2.45) is 0 Å². The van der Waals surface area contributed by atoms with E-state index < -0.39 is 17.7 Å². The Kier molecular flexibility index (Phi) is 5.47. The molecule has 0 saturated carbocycles. The molecule has 5 rings (SSSR count). The molecule has 0 radical (unpaired) electrons. The second kappa shape index (κ2) is 8.51. The number of benzene rings is 2. The van der Waals surface area contributed by atoms with Crippen molar-refractivity contribution in [2.75, 3.05) is 7.11 Å². The van der Waals surface area contributed by atoms with E-state index in [1.54, 1.807) is 18.2 Å². The lowest BCUT2D eigenvalue weighted by molar-refractivity contribution is -0.140. The van der Waals surface area contributed by atoms with Crippen LogP contribution >= 0.6 is 0 Å². The first-order valence-corrected chi connectivity index (χ1v) is 11.4. The first-order chi connectivity index (χ1) is 16.8. The Hall–Kier alpha value is -4.26. The first kappa shape index (κ1) is 22.5. The van der Waals surface area contributed by atoms with Crippen LogP contribution < -0.4 is 4.74 Å². The number of fused-ring (bicyclic) bond motifs is 1. The molecule has 7 heteroatoms. The number of carbonyl (C=O) groups excluding carboxylic acids is 2. The molecule has 1 atom stereocenters. The van der Waals surface area contributed by atoms with Gasteiger partial charge in [-0.15, -0.1) is 0 Å². The fourth-order valence-electron chi connectivity index (χ4n) is 5.11. The van der Waals surface area contributed by atoms with Gasteiger partial charge in [-0.3, -0.25) is 9.59 Å². The summed E-state index contributed by atoms with van der Waals surface area (Å²) in [5.41, 5.74) is 4.57. The number of aromatic nitrogens is 1. The minimum atomic E-state index is -0.818. The van der Waals surface area contributed by atoms with Crippen LogP contribution in [0.25, 0.3) is 16.7 Å². The molecule has 4 aromatic rings. The van der Waals surface area contributed by atoms with Gasteiger partial charge in [0.2, 0.25) is 0 Å². The summed E-state index contributed by atoms with van der Waals surface area (Å²) in [6, 6.07) is 14.1. The zero-order valence-electron chi connectivity index (χ0n) is 20.0. The fraction of sp³-hybridized carbons (Fsp3) is 0.214. The predicted molar refractivity (Wildman–Crippen MR) is 132 cm³/mol. The van der Waals surface area contributed by atoms with E-state index >= 15 is 0 Å². The molecule has 2 N–H and O–H groups in total. The van der Waals surface area contributed by atoms with Crippen molar-refractivity contribution in [2.45, 2.75) is 33.4 Å². The number of aromatic amines is 1. The number of rotatable bonds is 5. The Balaban J connectivity index is 1.80. The number of hydrogen-bond acceptors (Lipinski definition) is 5. The number of H-pyrrole nitrogens is 1. The Bertz CT molecular complexity index is 1490. The smallest absolute Gasteiger partial charge is 0.296 e. The number of carbonyl (C=O) groups is 2. The van der Waals surface area contributed by atoms with Crippen molar-refractivity contribution in [3.8, 4) is 5.75 Å². The van der Waals surface area contributed by atoms with Crippen LogP contribution in [0.3, 0.4) is 0 Å². The molecule has 1 amide bonds. The average Bonchev–Trinajstić information content (AvgIpc) is 3.51. The highest BCUT2D eigenvalue weighted by molar-refractivity contribution is 6.46. The molecule has 3 heterocycles. The molecule has 1 saturated heterocycles. The van der Waals surface area contributed by atoms with Gasteiger partial charge in [-0.1, -0.05) is 24.3 Å². The monoisotopic (exact) mass is 470 g/mol. The van der Waals surface area contributed by atoms with Crippen LogP contribution in [-0.4, -0.2) is 33.8 Å². The summed E-state index contributed by atoms with van der Waals surface area (Å²) >= 11 is 0. The lowest BCUT2D eigenvalue weighted by atomic mass is 9.92. The standard InChI is InChI=1S/C28H26N2O5/c1-15-12-16(2)27(34-4)20(13-15)25(31)23-24(22-17(3)29-21-10-6-5-9-19(21)22)30(28(33)26(23)32)14-18-8-7-11-35-18/h5-13,24,29,31H,14H2,1-4H3/b25-23+. The van der Waals surface area contributed by atoms with E-state index in [0.29, 0.717) is 17.1 Å². The maximum Gasteiger partial charge on any atom is 0.296 e. The molecular weight excluding hydrogens is 444 g/mol. The molecule has 1 aliphatic heterocycles. The molecule has 35 heavy (non-hydrogen) atoms. The van der Waals surface area contributed by atoms with Crippen molar-refractivity contribution in [3.63, 3.8) is 0 Å². The number of aryl methyl sites for hydroxylation is 3. The van der Waals surface area contributed by atoms with Gasteiger partial charge in [0.05, 0.1) is 37.1 Å². The minimum absolute atomic E-state index is 0.0257. The number of Topliss-reactive ketones (excluding diaryl/α,β-unsaturated/α-hetero) is 1. The molecule has 0 bridgehead atoms. The fourth-order valence-corrected chi connectivity index (χ4v) is 5.11. The Morgan fingerprint density at radius 3 is 2.60 bits per heavy atom. The molecule has 1 fully saturated rings. The summed E-state index contributed by atoms with van der Waals surface area (Å²) in [4.78, 5) is 31.7.